The van der Waals surface area contributed by atoms with Crippen molar-refractivity contribution in [3.05, 3.63) is 18.5 Å². The predicted molar refractivity (Wildman–Crippen MR) is 66.6 cm³/mol. The molecule has 0 saturated carbocycles. The van der Waals surface area contributed by atoms with Gasteiger partial charge in [-0.05, 0) is 12.0 Å². The van der Waals surface area contributed by atoms with E-state index in [9.17, 15) is 9.59 Å². The van der Waals surface area contributed by atoms with Gasteiger partial charge in [0.05, 0.1) is 23.8 Å². The van der Waals surface area contributed by atoms with Crippen LogP contribution in [0, 0.1) is 5.92 Å². The van der Waals surface area contributed by atoms with Gasteiger partial charge < -0.3 is 10.6 Å². The van der Waals surface area contributed by atoms with Crippen LogP contribution in [0.25, 0.3) is 0 Å². The molecular weight excluding hydrogens is 218 g/mol. The highest BCUT2D eigenvalue weighted by Crippen LogP contribution is 2.13. The summed E-state index contributed by atoms with van der Waals surface area (Å²) in [6.07, 6.45) is 3.54. The Labute approximate surface area is 101 Å². The van der Waals surface area contributed by atoms with Crippen LogP contribution >= 0.6 is 0 Å². The van der Waals surface area contributed by atoms with E-state index in [2.05, 4.69) is 15.6 Å². The largest absolute Gasteiger partial charge is 0.325 e. The molecule has 0 bridgehead atoms. The molecule has 0 aliphatic carbocycles. The Bertz CT molecular complexity index is 416. The average molecular weight is 235 g/mol. The van der Waals surface area contributed by atoms with Crippen LogP contribution < -0.4 is 10.6 Å². The number of carbonyl (C=O) groups excluding carboxylic acids is 2. The molecule has 1 aromatic rings. The molecule has 2 N–H and O–H groups in total. The van der Waals surface area contributed by atoms with Gasteiger partial charge in [-0.3, -0.25) is 14.6 Å². The minimum Gasteiger partial charge on any atom is -0.325 e. The summed E-state index contributed by atoms with van der Waals surface area (Å²) in [6.45, 7) is 5.38. The van der Waals surface area contributed by atoms with Crippen molar-refractivity contribution in [2.75, 3.05) is 10.6 Å². The molecule has 5 heteroatoms. The number of rotatable bonds is 4. The molecule has 0 aromatic carbocycles. The maximum absolute atomic E-state index is 11.5. The normalized spacial score (nSPS) is 10.1. The molecule has 0 atom stereocenters. The average Bonchev–Trinajstić information content (AvgIpc) is 2.14. The lowest BCUT2D eigenvalue weighted by atomic mass is 10.1. The number of nitrogens with zero attached hydrogens (tertiary/aromatic N) is 1. The van der Waals surface area contributed by atoms with Gasteiger partial charge in [0.25, 0.3) is 0 Å². The number of anilines is 2. The number of hydrogen-bond acceptors (Lipinski definition) is 3. The van der Waals surface area contributed by atoms with Crippen LogP contribution in [0.1, 0.15) is 27.2 Å². The van der Waals surface area contributed by atoms with Crippen molar-refractivity contribution in [2.24, 2.45) is 5.92 Å². The molecule has 0 aliphatic rings. The van der Waals surface area contributed by atoms with Gasteiger partial charge in [0.15, 0.2) is 0 Å². The SMILES string of the molecule is CC(=O)Nc1cncc(NC(=O)CC(C)C)c1. The Morgan fingerprint density at radius 3 is 2.35 bits per heavy atom. The number of pyridine rings is 1. The number of carbonyl (C=O) groups is 2. The maximum Gasteiger partial charge on any atom is 0.224 e. The number of nitrogens with one attached hydrogen (secondary N) is 2. The van der Waals surface area contributed by atoms with E-state index in [-0.39, 0.29) is 11.8 Å². The summed E-state index contributed by atoms with van der Waals surface area (Å²) in [5.41, 5.74) is 1.15. The van der Waals surface area contributed by atoms with Gasteiger partial charge in [0.1, 0.15) is 0 Å². The van der Waals surface area contributed by atoms with Crippen molar-refractivity contribution in [3.8, 4) is 0 Å². The van der Waals surface area contributed by atoms with Gasteiger partial charge in [-0.2, -0.15) is 0 Å². The Balaban J connectivity index is 2.65. The molecule has 17 heavy (non-hydrogen) atoms. The lowest BCUT2D eigenvalue weighted by Crippen LogP contribution is -2.14. The van der Waals surface area contributed by atoms with E-state index in [1.165, 1.54) is 13.1 Å². The van der Waals surface area contributed by atoms with E-state index in [1.54, 1.807) is 12.3 Å². The van der Waals surface area contributed by atoms with Gasteiger partial charge in [-0.1, -0.05) is 13.8 Å². The van der Waals surface area contributed by atoms with E-state index in [0.29, 0.717) is 23.7 Å². The fourth-order valence-corrected chi connectivity index (χ4v) is 1.36. The smallest absolute Gasteiger partial charge is 0.224 e. The highest BCUT2D eigenvalue weighted by Gasteiger charge is 2.06. The van der Waals surface area contributed by atoms with E-state index in [1.807, 2.05) is 13.8 Å². The molecule has 1 aromatic heterocycles. The minimum absolute atomic E-state index is 0.0539. The second-order valence-corrected chi connectivity index (χ2v) is 4.29. The summed E-state index contributed by atoms with van der Waals surface area (Å²) in [5, 5.41) is 5.34. The van der Waals surface area contributed by atoms with Crippen LogP contribution in [0.3, 0.4) is 0 Å². The van der Waals surface area contributed by atoms with Crippen LogP contribution in [-0.2, 0) is 9.59 Å². The van der Waals surface area contributed by atoms with Gasteiger partial charge in [0.2, 0.25) is 11.8 Å². The second kappa shape index (κ2) is 5.98. The van der Waals surface area contributed by atoms with Crippen molar-refractivity contribution < 1.29 is 9.59 Å². The van der Waals surface area contributed by atoms with Crippen LogP contribution in [-0.4, -0.2) is 16.8 Å². The predicted octanol–water partition coefficient (Wildman–Crippen LogP) is 2.02. The highest BCUT2D eigenvalue weighted by atomic mass is 16.2. The third-order valence-corrected chi connectivity index (χ3v) is 1.94. The summed E-state index contributed by atoms with van der Waals surface area (Å²) in [4.78, 5) is 26.3. The molecule has 1 heterocycles. The van der Waals surface area contributed by atoms with Crippen molar-refractivity contribution in [1.29, 1.82) is 0 Å². The van der Waals surface area contributed by atoms with E-state index < -0.39 is 0 Å². The molecule has 92 valence electrons. The Morgan fingerprint density at radius 2 is 1.82 bits per heavy atom. The zero-order valence-corrected chi connectivity index (χ0v) is 10.3. The Hall–Kier alpha value is -1.91. The lowest BCUT2D eigenvalue weighted by Gasteiger charge is -2.08. The van der Waals surface area contributed by atoms with Crippen molar-refractivity contribution in [1.82, 2.24) is 4.98 Å². The molecule has 5 nitrogen and oxygen atoms in total. The van der Waals surface area contributed by atoms with Crippen molar-refractivity contribution in [3.63, 3.8) is 0 Å². The van der Waals surface area contributed by atoms with Gasteiger partial charge >= 0.3 is 0 Å². The molecule has 0 aliphatic heterocycles. The number of aromatic nitrogens is 1. The fraction of sp³-hybridized carbons (Fsp3) is 0.417. The third kappa shape index (κ3) is 5.10. The van der Waals surface area contributed by atoms with E-state index in [4.69, 9.17) is 0 Å². The molecule has 0 radical (unpaired) electrons. The standard InChI is InChI=1S/C12H17N3O2/c1-8(2)4-12(17)15-11-5-10(6-13-7-11)14-9(3)16/h5-8H,4H2,1-3H3,(H,14,16)(H,15,17). The summed E-state index contributed by atoms with van der Waals surface area (Å²) < 4.78 is 0. The zero-order valence-electron chi connectivity index (χ0n) is 10.3. The van der Waals surface area contributed by atoms with E-state index >= 15 is 0 Å². The highest BCUT2D eigenvalue weighted by molar-refractivity contribution is 5.92. The maximum atomic E-state index is 11.5. The van der Waals surface area contributed by atoms with Gasteiger partial charge in [-0.15, -0.1) is 0 Å². The monoisotopic (exact) mass is 235 g/mol. The first-order valence-corrected chi connectivity index (χ1v) is 5.50. The summed E-state index contributed by atoms with van der Waals surface area (Å²) in [7, 11) is 0. The van der Waals surface area contributed by atoms with Crippen LogP contribution in [0.15, 0.2) is 18.5 Å². The molecular formula is C12H17N3O2. The van der Waals surface area contributed by atoms with Crippen LogP contribution in [0.4, 0.5) is 11.4 Å². The first-order chi connectivity index (χ1) is 7.97. The van der Waals surface area contributed by atoms with Crippen molar-refractivity contribution >= 4 is 23.2 Å². The summed E-state index contributed by atoms with van der Waals surface area (Å²) in [5.74, 6) is 0.0840. The van der Waals surface area contributed by atoms with Crippen LogP contribution in [0.2, 0.25) is 0 Å². The topological polar surface area (TPSA) is 71.1 Å². The molecule has 0 fully saturated rings. The minimum atomic E-state index is -0.169. The third-order valence-electron chi connectivity index (χ3n) is 1.94. The number of amides is 2. The molecule has 1 rings (SSSR count). The molecule has 0 unspecified atom stereocenters. The van der Waals surface area contributed by atoms with E-state index in [0.717, 1.165) is 0 Å². The molecule has 0 spiro atoms. The van der Waals surface area contributed by atoms with Crippen molar-refractivity contribution in [2.45, 2.75) is 27.2 Å². The fourth-order valence-electron chi connectivity index (χ4n) is 1.36. The van der Waals surface area contributed by atoms with Crippen LogP contribution in [0.5, 0.6) is 0 Å². The first-order valence-electron chi connectivity index (χ1n) is 5.50. The first kappa shape index (κ1) is 13.2. The van der Waals surface area contributed by atoms with Gasteiger partial charge in [-0.25, -0.2) is 0 Å². The van der Waals surface area contributed by atoms with Gasteiger partial charge in [0, 0.05) is 13.3 Å². The number of hydrogen-bond donors (Lipinski definition) is 2. The quantitative estimate of drug-likeness (QED) is 0.838. The lowest BCUT2D eigenvalue weighted by molar-refractivity contribution is -0.117. The zero-order chi connectivity index (χ0) is 12.8. The summed E-state index contributed by atoms with van der Waals surface area (Å²) in [6, 6.07) is 1.67. The molecule has 0 saturated heterocycles. The second-order valence-electron chi connectivity index (χ2n) is 4.29. The molecule has 2 amide bonds. The Morgan fingerprint density at radius 1 is 1.24 bits per heavy atom. The Kier molecular flexibility index (Phi) is 4.63. The summed E-state index contributed by atoms with van der Waals surface area (Å²) >= 11 is 0.